The van der Waals surface area contributed by atoms with Crippen molar-refractivity contribution in [3.63, 3.8) is 0 Å². The molecule has 0 spiro atoms. The molecule has 27 heavy (non-hydrogen) atoms. The second kappa shape index (κ2) is 8.04. The largest absolute Gasteiger partial charge is 0.362 e. The van der Waals surface area contributed by atoms with Gasteiger partial charge in [-0.1, -0.05) is 60.7 Å². The van der Waals surface area contributed by atoms with Crippen molar-refractivity contribution in [2.75, 3.05) is 25.5 Å². The lowest BCUT2D eigenvalue weighted by atomic mass is 9.76. The number of hydrogen-bond donors (Lipinski definition) is 1. The molecule has 138 valence electrons. The predicted molar refractivity (Wildman–Crippen MR) is 110 cm³/mol. The molecule has 0 atom stereocenters. The van der Waals surface area contributed by atoms with Crippen LogP contribution in [0, 0.1) is 0 Å². The fourth-order valence-corrected chi connectivity index (χ4v) is 3.27. The molecule has 3 rings (SSSR count). The zero-order valence-corrected chi connectivity index (χ0v) is 16.0. The Labute approximate surface area is 160 Å². The maximum atomic E-state index is 12.9. The number of amides is 1. The third kappa shape index (κ3) is 4.00. The van der Waals surface area contributed by atoms with Crippen molar-refractivity contribution in [1.82, 2.24) is 10.3 Å². The second-order valence-corrected chi connectivity index (χ2v) is 7.02. The van der Waals surface area contributed by atoms with Gasteiger partial charge in [0.1, 0.15) is 5.82 Å². The number of nitrogens with one attached hydrogen (secondary N) is 1. The summed E-state index contributed by atoms with van der Waals surface area (Å²) in [6, 6.07) is 24.2. The number of carbonyl (C=O) groups is 1. The van der Waals surface area contributed by atoms with Crippen LogP contribution >= 0.6 is 0 Å². The summed E-state index contributed by atoms with van der Waals surface area (Å²) < 4.78 is 0. The van der Waals surface area contributed by atoms with Crippen LogP contribution in [-0.2, 0) is 5.41 Å². The summed E-state index contributed by atoms with van der Waals surface area (Å²) in [6.45, 7) is 2.65. The normalized spacial score (nSPS) is 11.1. The maximum absolute atomic E-state index is 12.9. The molecule has 0 aliphatic carbocycles. The standard InChI is InChI=1S/C23H25N3O/c1-23(18-11-6-4-7-12-18,19-13-8-5-9-14-19)17-25-22(27)20-15-10-16-24-21(20)26(2)3/h4-16H,17H2,1-3H3,(H,25,27). The Bertz CT molecular complexity index is 852. The summed E-state index contributed by atoms with van der Waals surface area (Å²) in [6.07, 6.45) is 1.70. The highest BCUT2D eigenvalue weighted by Crippen LogP contribution is 2.31. The fourth-order valence-electron chi connectivity index (χ4n) is 3.27. The lowest BCUT2D eigenvalue weighted by molar-refractivity contribution is 0.0947. The van der Waals surface area contributed by atoms with E-state index in [4.69, 9.17) is 0 Å². The average Bonchev–Trinajstić information content (AvgIpc) is 2.73. The van der Waals surface area contributed by atoms with Crippen LogP contribution in [0.4, 0.5) is 5.82 Å². The van der Waals surface area contributed by atoms with Crippen LogP contribution in [0.5, 0.6) is 0 Å². The Kier molecular flexibility index (Phi) is 5.55. The Morgan fingerprint density at radius 2 is 1.48 bits per heavy atom. The Hall–Kier alpha value is -3.14. The molecule has 0 radical (unpaired) electrons. The van der Waals surface area contributed by atoms with Crippen LogP contribution in [-0.4, -0.2) is 31.5 Å². The lowest BCUT2D eigenvalue weighted by Crippen LogP contribution is -2.40. The van der Waals surface area contributed by atoms with E-state index in [-0.39, 0.29) is 11.3 Å². The van der Waals surface area contributed by atoms with E-state index < -0.39 is 0 Å². The monoisotopic (exact) mass is 359 g/mol. The molecule has 0 bridgehead atoms. The highest BCUT2D eigenvalue weighted by atomic mass is 16.1. The third-order valence-corrected chi connectivity index (χ3v) is 4.88. The van der Waals surface area contributed by atoms with Gasteiger partial charge in [-0.25, -0.2) is 4.98 Å². The molecule has 1 N–H and O–H groups in total. The minimum atomic E-state index is -0.335. The molecule has 0 aliphatic heterocycles. The molecule has 0 unspecified atom stereocenters. The van der Waals surface area contributed by atoms with Crippen molar-refractivity contribution in [3.05, 3.63) is 95.7 Å². The molecule has 0 saturated heterocycles. The summed E-state index contributed by atoms with van der Waals surface area (Å²) in [5.41, 5.74) is 2.57. The maximum Gasteiger partial charge on any atom is 0.255 e. The molecule has 0 fully saturated rings. The molecular formula is C23H25N3O. The minimum absolute atomic E-state index is 0.120. The van der Waals surface area contributed by atoms with Crippen LogP contribution in [0.25, 0.3) is 0 Å². The van der Waals surface area contributed by atoms with E-state index in [1.165, 1.54) is 0 Å². The SMILES string of the molecule is CN(C)c1ncccc1C(=O)NCC(C)(c1ccccc1)c1ccccc1. The number of anilines is 1. The van der Waals surface area contributed by atoms with E-state index >= 15 is 0 Å². The van der Waals surface area contributed by atoms with Gasteiger partial charge in [0.15, 0.2) is 0 Å². The fraction of sp³-hybridized carbons (Fsp3) is 0.217. The molecule has 4 heteroatoms. The lowest BCUT2D eigenvalue weighted by Gasteiger charge is -2.31. The second-order valence-electron chi connectivity index (χ2n) is 7.02. The molecular weight excluding hydrogens is 334 g/mol. The first-order chi connectivity index (χ1) is 13.0. The topological polar surface area (TPSA) is 45.2 Å². The van der Waals surface area contributed by atoms with Crippen molar-refractivity contribution < 1.29 is 4.79 Å². The summed E-state index contributed by atoms with van der Waals surface area (Å²) in [5, 5.41) is 3.13. The highest BCUT2D eigenvalue weighted by Gasteiger charge is 2.29. The van der Waals surface area contributed by atoms with Gasteiger partial charge < -0.3 is 10.2 Å². The predicted octanol–water partition coefficient (Wildman–Crippen LogP) is 3.88. The van der Waals surface area contributed by atoms with E-state index in [1.54, 1.807) is 18.3 Å². The van der Waals surface area contributed by atoms with Gasteiger partial charge in [0.2, 0.25) is 0 Å². The van der Waals surface area contributed by atoms with Gasteiger partial charge in [-0.15, -0.1) is 0 Å². The van der Waals surface area contributed by atoms with Gasteiger partial charge >= 0.3 is 0 Å². The van der Waals surface area contributed by atoms with Crippen molar-refractivity contribution in [2.24, 2.45) is 0 Å². The molecule has 1 amide bonds. The van der Waals surface area contributed by atoms with Crippen molar-refractivity contribution in [1.29, 1.82) is 0 Å². The van der Waals surface area contributed by atoms with Crippen LogP contribution in [0.1, 0.15) is 28.4 Å². The van der Waals surface area contributed by atoms with Crippen LogP contribution in [0.2, 0.25) is 0 Å². The molecule has 0 saturated carbocycles. The van der Waals surface area contributed by atoms with Gasteiger partial charge in [-0.3, -0.25) is 4.79 Å². The third-order valence-electron chi connectivity index (χ3n) is 4.88. The van der Waals surface area contributed by atoms with E-state index in [9.17, 15) is 4.79 Å². The van der Waals surface area contributed by atoms with E-state index in [2.05, 4.69) is 41.5 Å². The molecule has 2 aromatic carbocycles. The molecule has 1 aromatic heterocycles. The summed E-state index contributed by atoms with van der Waals surface area (Å²) in [7, 11) is 3.77. The van der Waals surface area contributed by atoms with E-state index in [1.807, 2.05) is 55.4 Å². The Balaban J connectivity index is 1.90. The van der Waals surface area contributed by atoms with Crippen LogP contribution in [0.15, 0.2) is 79.0 Å². The molecule has 4 nitrogen and oxygen atoms in total. The number of benzene rings is 2. The highest BCUT2D eigenvalue weighted by molar-refractivity contribution is 5.98. The minimum Gasteiger partial charge on any atom is -0.362 e. The Morgan fingerprint density at radius 3 is 2.00 bits per heavy atom. The van der Waals surface area contributed by atoms with Crippen LogP contribution in [0.3, 0.4) is 0 Å². The molecule has 3 aromatic rings. The van der Waals surface area contributed by atoms with Gasteiger partial charge in [0, 0.05) is 32.3 Å². The first kappa shape index (κ1) is 18.6. The molecule has 1 heterocycles. The summed E-state index contributed by atoms with van der Waals surface area (Å²) in [4.78, 5) is 19.1. The first-order valence-electron chi connectivity index (χ1n) is 9.04. The zero-order valence-electron chi connectivity index (χ0n) is 16.0. The smallest absolute Gasteiger partial charge is 0.255 e. The number of hydrogen-bond acceptors (Lipinski definition) is 3. The number of nitrogens with zero attached hydrogens (tertiary/aromatic N) is 2. The summed E-state index contributed by atoms with van der Waals surface area (Å²) in [5.74, 6) is 0.543. The van der Waals surface area contributed by atoms with Crippen LogP contribution < -0.4 is 10.2 Å². The number of aromatic nitrogens is 1. The zero-order chi connectivity index (χ0) is 19.3. The average molecular weight is 359 g/mol. The number of pyridine rings is 1. The first-order valence-corrected chi connectivity index (χ1v) is 9.04. The summed E-state index contributed by atoms with van der Waals surface area (Å²) >= 11 is 0. The number of rotatable bonds is 6. The van der Waals surface area contributed by atoms with Gasteiger partial charge in [-0.2, -0.15) is 0 Å². The van der Waals surface area contributed by atoms with Gasteiger partial charge in [-0.05, 0) is 30.2 Å². The van der Waals surface area contributed by atoms with Crippen molar-refractivity contribution in [3.8, 4) is 0 Å². The van der Waals surface area contributed by atoms with Crippen molar-refractivity contribution >= 4 is 11.7 Å². The molecule has 0 aliphatic rings. The quantitative estimate of drug-likeness (QED) is 0.726. The van der Waals surface area contributed by atoms with Gasteiger partial charge in [0.05, 0.1) is 5.56 Å². The Morgan fingerprint density at radius 1 is 0.926 bits per heavy atom. The van der Waals surface area contributed by atoms with E-state index in [0.29, 0.717) is 17.9 Å². The van der Waals surface area contributed by atoms with Gasteiger partial charge in [0.25, 0.3) is 5.91 Å². The van der Waals surface area contributed by atoms with E-state index in [0.717, 1.165) is 11.1 Å². The number of carbonyl (C=O) groups excluding carboxylic acids is 1. The van der Waals surface area contributed by atoms with Crippen molar-refractivity contribution in [2.45, 2.75) is 12.3 Å².